The van der Waals surface area contributed by atoms with Gasteiger partial charge in [0, 0.05) is 102 Å². The minimum absolute atomic E-state index is 0. The second-order valence-corrected chi connectivity index (χ2v) is 29.7. The molecular formula is C79H120Cl3N25O4. The number of carbonyl (C=O) groups excluding carboxylic acids is 3. The molecule has 1 fully saturated rings. The molecule has 29 nitrogen and oxygen atoms in total. The molecule has 3 aromatic carbocycles. The van der Waals surface area contributed by atoms with Crippen LogP contribution >= 0.6 is 34.8 Å². The molecule has 10 aromatic rings. The van der Waals surface area contributed by atoms with Crippen LogP contribution in [0, 0.1) is 40.4 Å². The van der Waals surface area contributed by atoms with Crippen molar-refractivity contribution in [1.29, 1.82) is 10.5 Å². The van der Waals surface area contributed by atoms with E-state index in [1.165, 1.54) is 36.1 Å². The summed E-state index contributed by atoms with van der Waals surface area (Å²) in [5, 5.41) is 46.3. The molecule has 2 aliphatic rings. The molecule has 1 saturated carbocycles. The number of rotatable bonds is 12. The number of aromatic amines is 2. The van der Waals surface area contributed by atoms with Gasteiger partial charge in [0.05, 0.1) is 55.2 Å². The number of H-pyrrole nitrogens is 2. The van der Waals surface area contributed by atoms with Gasteiger partial charge in [-0.25, -0.2) is 19.2 Å². The topological polar surface area (TPSA) is 493 Å². The monoisotopic (exact) mass is 1590 g/mol. The zero-order valence-electron chi connectivity index (χ0n) is 67.6. The quantitative estimate of drug-likeness (QED) is 0.0135. The maximum absolute atomic E-state index is 11.4. The fourth-order valence-electron chi connectivity index (χ4n) is 10.2. The molecule has 111 heavy (non-hydrogen) atoms. The van der Waals surface area contributed by atoms with Crippen LogP contribution in [0.25, 0.3) is 11.3 Å². The Hall–Kier alpha value is -10.2. The highest BCUT2D eigenvalue weighted by Crippen LogP contribution is 2.29. The average Bonchev–Trinajstić information content (AvgIpc) is 1.68. The number of halogens is 3. The lowest BCUT2D eigenvalue weighted by Gasteiger charge is -2.30. The number of nitrogens with zero attached hydrogens (tertiary/aromatic N) is 14. The van der Waals surface area contributed by atoms with Crippen molar-refractivity contribution in [3.63, 3.8) is 0 Å². The second kappa shape index (κ2) is 51.3. The molecule has 1 atom stereocenters. The minimum Gasteiger partial charge on any atom is -0.412 e. The third-order valence-electron chi connectivity index (χ3n) is 16.6. The van der Waals surface area contributed by atoms with Crippen LogP contribution < -0.4 is 56.3 Å². The fourth-order valence-corrected chi connectivity index (χ4v) is 10.9. The number of ketones is 1. The first-order chi connectivity index (χ1) is 51.9. The maximum Gasteiger partial charge on any atom is 0.254 e. The van der Waals surface area contributed by atoms with Crippen molar-refractivity contribution in [3.8, 4) is 12.1 Å². The number of Topliss-reactive ketones (excluding diaryl/α,β-unsaturated/α-hetero) is 1. The number of nitrogen functional groups attached to an aromatic ring is 5. The Morgan fingerprint density at radius 1 is 0.586 bits per heavy atom. The van der Waals surface area contributed by atoms with E-state index in [9.17, 15) is 14.4 Å². The zero-order chi connectivity index (χ0) is 83.1. The normalized spacial score (nSPS) is 13.3. The summed E-state index contributed by atoms with van der Waals surface area (Å²) in [5.74, 6) is 12.1. The van der Waals surface area contributed by atoms with Gasteiger partial charge in [-0.15, -0.1) is 0 Å². The molecule has 0 amide bonds. The number of hydrogen-bond acceptors (Lipinski definition) is 23. The van der Waals surface area contributed by atoms with Gasteiger partial charge in [0.15, 0.2) is 11.3 Å². The van der Waals surface area contributed by atoms with Gasteiger partial charge in [0.2, 0.25) is 0 Å². The van der Waals surface area contributed by atoms with Crippen molar-refractivity contribution < 1.29 is 19.9 Å². The predicted molar refractivity (Wildman–Crippen MR) is 455 cm³/mol. The van der Waals surface area contributed by atoms with Gasteiger partial charge in [-0.1, -0.05) is 162 Å². The molecule has 12 rings (SSSR count). The van der Waals surface area contributed by atoms with Gasteiger partial charge in [0.1, 0.15) is 50.9 Å². The van der Waals surface area contributed by atoms with Gasteiger partial charge in [0.25, 0.3) is 5.91 Å². The number of nitrogens with one attached hydrogen (secondary N) is 3. The van der Waals surface area contributed by atoms with Gasteiger partial charge in [-0.2, -0.15) is 40.5 Å². The number of fused-ring (bicyclic) bond motifs is 3. The lowest BCUT2D eigenvalue weighted by molar-refractivity contribution is -0.118. The van der Waals surface area contributed by atoms with Crippen LogP contribution in [0.15, 0.2) is 122 Å². The number of aromatic nitrogens is 12. The molecule has 21 N–H and O–H groups in total. The van der Waals surface area contributed by atoms with Gasteiger partial charge in [-0.3, -0.25) is 31.5 Å². The van der Waals surface area contributed by atoms with E-state index in [0.717, 1.165) is 62.4 Å². The lowest BCUT2D eigenvalue weighted by Crippen LogP contribution is -2.36. The molecule has 32 heteroatoms. The third-order valence-corrected chi connectivity index (χ3v) is 17.2. The number of anilines is 8. The highest BCUT2D eigenvalue weighted by Gasteiger charge is 2.27. The highest BCUT2D eigenvalue weighted by atomic mass is 35.5. The summed E-state index contributed by atoms with van der Waals surface area (Å²) < 4.78 is 4.71. The van der Waals surface area contributed by atoms with Crippen LogP contribution in [0.4, 0.5) is 45.9 Å². The third kappa shape index (κ3) is 34.7. The molecular weight excluding hydrogens is 1470 g/mol. The molecule has 1 unspecified atom stereocenters. The van der Waals surface area contributed by atoms with Crippen LogP contribution in [0.5, 0.6) is 0 Å². The number of benzene rings is 3. The molecule has 1 aliphatic heterocycles. The van der Waals surface area contributed by atoms with Crippen molar-refractivity contribution in [2.45, 2.75) is 184 Å². The summed E-state index contributed by atoms with van der Waals surface area (Å²) in [5.41, 5.74) is 45.2. The molecule has 606 valence electrons. The van der Waals surface area contributed by atoms with Gasteiger partial charge < -0.3 is 59.8 Å². The number of aldehydes is 1. The van der Waals surface area contributed by atoms with Gasteiger partial charge in [-0.05, 0) is 135 Å². The Balaban J connectivity index is 0.000000628. The predicted octanol–water partition coefficient (Wildman–Crippen LogP) is 14.3. The van der Waals surface area contributed by atoms with Crippen LogP contribution in [-0.4, -0.2) is 128 Å². The summed E-state index contributed by atoms with van der Waals surface area (Å²) in [7, 11) is 8.38. The summed E-state index contributed by atoms with van der Waals surface area (Å²) >= 11 is 17.9. The van der Waals surface area contributed by atoms with E-state index < -0.39 is 5.92 Å². The van der Waals surface area contributed by atoms with E-state index in [0.29, 0.717) is 105 Å². The number of nitriles is 2. The Bertz CT molecular complexity index is 4340. The molecule has 0 bridgehead atoms. The molecule has 0 saturated heterocycles. The first-order valence-corrected chi connectivity index (χ1v) is 37.4. The summed E-state index contributed by atoms with van der Waals surface area (Å²) in [6.45, 7) is 28.5. The largest absolute Gasteiger partial charge is 0.412 e. The average molecular weight is 1590 g/mol. The van der Waals surface area contributed by atoms with E-state index in [1.807, 2.05) is 116 Å². The second-order valence-electron chi connectivity index (χ2n) is 28.5. The van der Waals surface area contributed by atoms with Crippen LogP contribution in [0.2, 0.25) is 15.5 Å². The Morgan fingerprint density at radius 2 is 1.05 bits per heavy atom. The first kappa shape index (κ1) is 98.8. The van der Waals surface area contributed by atoms with E-state index in [1.54, 1.807) is 64.2 Å². The highest BCUT2D eigenvalue weighted by molar-refractivity contribution is 6.33. The summed E-state index contributed by atoms with van der Waals surface area (Å²) in [6.07, 6.45) is 15.5. The van der Waals surface area contributed by atoms with Crippen LogP contribution in [-0.2, 0) is 16.0 Å². The molecule has 0 radical (unpaired) electrons. The van der Waals surface area contributed by atoms with Crippen molar-refractivity contribution in [2.75, 3.05) is 67.1 Å². The Morgan fingerprint density at radius 3 is 1.41 bits per heavy atom. The minimum atomic E-state index is -0.421. The number of hydrazine groups is 1. The van der Waals surface area contributed by atoms with Crippen LogP contribution in [0.1, 0.15) is 203 Å². The fraction of sp³-hybridized carbons (Fsp3) is 0.443. The SMILES string of the molecule is CC(C)C(C#N)C=O.CC(C)CC#N.CC(C)c1cn[nH]c1N.CC(C)c1cn[nH]c1N.CC(C)c1cnn2c(Cl)cc(Cl)nc12.CC(C)c1cnn2c(Nc3cccc(N)c3)cc(Cl)nc12.CC(C)c1cnn2c1CC(=O)CC2=O.CN(C)C1CCC(N)CC1.CN(C)c1ccccc1.NN.Nc1cccc(N)c1.O. The Kier molecular flexibility index (Phi) is 45.7. The molecule has 0 spiro atoms. The summed E-state index contributed by atoms with van der Waals surface area (Å²) in [6, 6.07) is 33.5. The summed E-state index contributed by atoms with van der Waals surface area (Å²) in [4.78, 5) is 45.6. The number of nitrogens with two attached hydrogens (primary N) is 8. The van der Waals surface area contributed by atoms with Crippen molar-refractivity contribution in [1.82, 2.24) is 64.3 Å². The number of carbonyl (C=O) groups is 3. The number of para-hydroxylation sites is 1. The van der Waals surface area contributed by atoms with E-state index in [2.05, 4.69) is 160 Å². The van der Waals surface area contributed by atoms with Crippen molar-refractivity contribution in [3.05, 3.63) is 171 Å². The lowest BCUT2D eigenvalue weighted by atomic mass is 9.91. The number of hydrogen-bond donors (Lipinski definition) is 11. The first-order valence-electron chi connectivity index (χ1n) is 36.3. The van der Waals surface area contributed by atoms with Crippen molar-refractivity contribution >= 4 is 110 Å². The van der Waals surface area contributed by atoms with Crippen LogP contribution in [0.3, 0.4) is 0 Å². The smallest absolute Gasteiger partial charge is 0.254 e. The van der Waals surface area contributed by atoms with Gasteiger partial charge >= 0.3 is 0 Å². The molecule has 8 heterocycles. The Labute approximate surface area is 669 Å². The van der Waals surface area contributed by atoms with E-state index in [-0.39, 0.29) is 29.5 Å². The van der Waals surface area contributed by atoms with E-state index >= 15 is 0 Å². The van der Waals surface area contributed by atoms with Crippen molar-refractivity contribution in [2.24, 2.45) is 35.2 Å². The maximum atomic E-state index is 11.4. The standard InChI is InChI=1S/C15H16ClN5.C10H12N2O2.C9H9Cl2N3.C8H18N2.C8H11N.2C6H11N3.C6H8N2.C6H9NO.C5H9N.H4N2.H2O/c1-9(2)12-8-18-21-14(7-13(16)20-15(12)21)19-11-5-3-4-10(17)6-11;1-6(2)8-5-11-12-9(8)3-7(13)4-10(12)14;1-5(2)6-4-12-14-8(11)3-7(10)13-9(6)14;1-10(2)8-5-3-7(9)4-6-8;1-9(2)8-6-4-3-5-7-8;2*1-4(2)5-3-8-9-6(5)7;7-5-2-1-3-6(8)4-5;1-5(2)6(3-7)4-8;1-5(2)3-4-6;1-2;/h3-9,19H,17H2,1-2H3;5-6H,3-4H2,1-2H3;3-5H,1-2H3;7-8H,3-6,9H2,1-2H3;3-7H,1-2H3;2*3-4H,1-2H3,(H3,7,8,9);1-4H,7-8H2;4-6H,1-2H3;5H,3H2,1-2H3;1-2H2;1H2. The molecule has 7 aromatic heterocycles. The van der Waals surface area contributed by atoms with E-state index in [4.69, 9.17) is 79.7 Å². The molecule has 1 aliphatic carbocycles. The zero-order valence-corrected chi connectivity index (χ0v) is 69.9.